The maximum atomic E-state index is 14.9. The van der Waals surface area contributed by atoms with Crippen LogP contribution in [0.15, 0.2) is 155 Å². The Hall–Kier alpha value is -11.0. The second kappa shape index (κ2) is 37.2. The summed E-state index contributed by atoms with van der Waals surface area (Å²) in [6, 6.07) is 0. The lowest BCUT2D eigenvalue weighted by molar-refractivity contribution is -0.210. The first-order valence-electron chi connectivity index (χ1n) is 36.2. The van der Waals surface area contributed by atoms with E-state index in [2.05, 4.69) is 93.8 Å². The molecule has 11 aliphatic heterocycles. The summed E-state index contributed by atoms with van der Waals surface area (Å²) in [7, 11) is 0. The Morgan fingerprint density at radius 2 is 0.976 bits per heavy atom. The number of aromatic nitrogens is 4. The van der Waals surface area contributed by atoms with Gasteiger partial charge in [0.2, 0.25) is 11.9 Å². The third-order valence-corrected chi connectivity index (χ3v) is 20.8. The Morgan fingerprint density at radius 1 is 0.561 bits per heavy atom. The maximum absolute atomic E-state index is 14.9. The van der Waals surface area contributed by atoms with Crippen LogP contribution in [-0.4, -0.2) is 335 Å². The monoisotopic (exact) mass is 1760 g/mol. The van der Waals surface area contributed by atoms with Crippen molar-refractivity contribution in [1.82, 2.24) is 60.0 Å². The molecular formula is C70H91F7N22O24. The van der Waals surface area contributed by atoms with Crippen LogP contribution < -0.4 is 33.0 Å². The minimum atomic E-state index is -3.59. The number of nitrogens with two attached hydrogens (primary N) is 2. The number of aliphatic imine (C=N–C) groups is 2. The van der Waals surface area contributed by atoms with E-state index in [0.29, 0.717) is 0 Å². The lowest BCUT2D eigenvalue weighted by Gasteiger charge is -2.37. The van der Waals surface area contributed by atoms with Gasteiger partial charge in [-0.3, -0.25) is 23.7 Å². The van der Waals surface area contributed by atoms with E-state index in [1.807, 2.05) is 0 Å². The highest BCUT2D eigenvalue weighted by Gasteiger charge is 2.70. The molecule has 22 N–H and O–H groups in total. The Labute approximate surface area is 691 Å². The van der Waals surface area contributed by atoms with Gasteiger partial charge in [-0.05, 0) is 57.3 Å². The summed E-state index contributed by atoms with van der Waals surface area (Å²) in [5, 5.41) is 149. The molecule has 53 heteroatoms. The van der Waals surface area contributed by atoms with E-state index in [4.69, 9.17) is 67.6 Å². The van der Waals surface area contributed by atoms with E-state index in [1.165, 1.54) is 89.6 Å². The molecule has 0 aromatic carbocycles. The van der Waals surface area contributed by atoms with Gasteiger partial charge >= 0.3 is 5.92 Å². The molecule has 0 aliphatic carbocycles. The molecule has 13 heterocycles. The van der Waals surface area contributed by atoms with Crippen molar-refractivity contribution in [2.45, 2.75) is 184 Å². The van der Waals surface area contributed by atoms with Crippen LogP contribution >= 0.6 is 0 Å². The SMILES string of the molecule is C#C[C@]1(F)[C@H](n2cnc3c(=O)[nH]c(C)nc32)O[C@](F)(CO)[C@H]1O.C=C1N=C(N)C=CN1[C@@H]1O[C@@](CO)(CN=[N+]=[N-])[C@@H](O)[C@H]1F.C=C1N=C(N)C=CN1[C@@H]1O[C@](CC)(CO)[C@@H](O)C1(F)F.C=C1NC(=O)C=CN1[C@@H]1O[C@@](CO)(CN=[N+]=[N-])[C@@H](O)[C@H]1F.C=C1NC(=O)C=CN1[C@@H]1O[C@](C)(CO)[C@@H](O)[C@@]1(C)O.C=C1NC(=O)C=CN1[C@@H]1O[C@](F)(CO)[C@@H](O)[C@@]1(C)O. The van der Waals surface area contributed by atoms with Crippen LogP contribution in [0, 0.1) is 19.3 Å². The first-order valence-corrected chi connectivity index (χ1v) is 36.2. The summed E-state index contributed by atoms with van der Waals surface area (Å²) < 4.78 is 133. The number of aryl methyl sites for hydroxylation is 1. The first-order chi connectivity index (χ1) is 57.4. The molecule has 23 atom stereocenters. The molecule has 123 heavy (non-hydrogen) atoms. The number of aliphatic hydroxyl groups is 14. The highest BCUT2D eigenvalue weighted by molar-refractivity contribution is 5.93. The van der Waals surface area contributed by atoms with Gasteiger partial charge in [0.1, 0.15) is 118 Å². The quantitative estimate of drug-likeness (QED) is 0.0235. The Bertz CT molecular complexity index is 4740. The number of H-pyrrole nitrogens is 1. The van der Waals surface area contributed by atoms with Crippen molar-refractivity contribution >= 4 is 40.6 Å². The van der Waals surface area contributed by atoms with Crippen molar-refractivity contribution in [3.05, 3.63) is 167 Å². The normalized spacial score (nSPS) is 37.6. The molecule has 0 spiro atoms. The average molecular weight is 1760 g/mol. The van der Waals surface area contributed by atoms with E-state index >= 15 is 0 Å². The van der Waals surface area contributed by atoms with Gasteiger partial charge in [0.25, 0.3) is 35.0 Å². The minimum Gasteiger partial charge on any atom is -0.393 e. The molecule has 0 saturated carbocycles. The fourth-order valence-electron chi connectivity index (χ4n) is 13.7. The third kappa shape index (κ3) is 18.5. The number of carbonyl (C=O) groups is 3. The van der Waals surface area contributed by atoms with Gasteiger partial charge in [0, 0.05) is 59.1 Å². The Balaban J connectivity index is 0.000000183. The lowest BCUT2D eigenvalue weighted by atomic mass is 9.89. The maximum Gasteiger partial charge on any atom is 0.320 e. The van der Waals surface area contributed by atoms with E-state index in [1.54, 1.807) is 12.8 Å². The molecule has 0 unspecified atom stereocenters. The summed E-state index contributed by atoms with van der Waals surface area (Å²) in [5.74, 6) is -7.98. The first kappa shape index (κ1) is 97.4. The number of terminal acetylenes is 1. The number of amides is 3. The minimum absolute atomic E-state index is 0.0216. The molecular weight excluding hydrogens is 1670 g/mol. The lowest BCUT2D eigenvalue weighted by Crippen LogP contribution is -2.54. The number of aromatic amines is 1. The summed E-state index contributed by atoms with van der Waals surface area (Å²) >= 11 is 0. The van der Waals surface area contributed by atoms with Gasteiger partial charge in [-0.1, -0.05) is 56.0 Å². The predicted octanol–water partition coefficient (Wildman–Crippen LogP) is -4.15. The number of hydrogen-bond donors (Lipinski definition) is 20. The fourth-order valence-corrected chi connectivity index (χ4v) is 13.7. The van der Waals surface area contributed by atoms with Crippen LogP contribution in [-0.2, 0) is 42.8 Å². The zero-order valence-electron chi connectivity index (χ0n) is 65.7. The standard InChI is InChI=1S/C13H12F2N4O4.C12H17F2N3O3.C12H18N2O5.C11H15FN6O3.C11H14FN5O4.C11H15FN2O5/c1-3-12(14)10(22)13(15,4-20)23-11(12)19-5-16-7-8(19)17-6(2)18-9(7)21;1-3-11(6-18)9(19)12(13,14)10(20-11)17-5-4-8(15)16-7(17)2;1-7-13-8(16)4-5-14(7)10-12(3,18)9(17)11(2,6-15)19-10;1-6-16-7(13)2-3-18(6)10-8(12)9(20)11(5-19,21-10)4-15-17-14;1-6-15-7(19)2-3-17(6)10-8(12)9(20)11(5-18,21-10)4-14-16-13;1-6-13-7(16)3-4-14(6)9-10(2,18)8(17)11(12,5-15)19-9/h1,5,10-11,20,22H,4H2,2H3,(H,17,18,21);4-5,9-10,18-19H,2-3,6H2,1H3,(H2,15,16);4-5,9-10,15,17-18H,1,6H2,2-3H3,(H,13,16);2-3,8-10,19-20H,1,4-5H2,(H2,13,16);2-3,8-10,18,20H,1,4-5H2,(H,15,19);3-4,8-9,15,17-18H,1,5H2,2H3,(H,13,16)/t10-,11+,12+,13+;9-,10-,11-;9-,10-,11-,12-;2*8-,9+,10-,11-;8-,9+,10+,11+/m011110/s1. The van der Waals surface area contributed by atoms with Crippen molar-refractivity contribution in [2.75, 3.05) is 52.7 Å². The molecule has 6 fully saturated rings. The molecule has 11 aliphatic rings. The van der Waals surface area contributed by atoms with Gasteiger partial charge < -0.3 is 157 Å². The van der Waals surface area contributed by atoms with Crippen LogP contribution in [0.25, 0.3) is 32.0 Å². The summed E-state index contributed by atoms with van der Waals surface area (Å²) in [6.07, 6.45) is -4.46. The van der Waals surface area contributed by atoms with Crippen LogP contribution in [0.5, 0.6) is 0 Å². The van der Waals surface area contributed by atoms with Crippen LogP contribution in [0.4, 0.5) is 30.7 Å². The number of amidine groups is 2. The summed E-state index contributed by atoms with van der Waals surface area (Å²) in [4.78, 5) is 74.1. The molecule has 2 aromatic heterocycles. The van der Waals surface area contributed by atoms with Crippen molar-refractivity contribution in [3.8, 4) is 12.3 Å². The van der Waals surface area contributed by atoms with Crippen molar-refractivity contribution in [3.63, 3.8) is 0 Å². The van der Waals surface area contributed by atoms with E-state index < -0.39 is 213 Å². The summed E-state index contributed by atoms with van der Waals surface area (Å²) in [6.45, 7) is 19.1. The van der Waals surface area contributed by atoms with Crippen molar-refractivity contribution in [1.29, 1.82) is 0 Å². The number of alkyl halides is 7. The number of imidazole rings is 1. The highest BCUT2D eigenvalue weighted by Crippen LogP contribution is 2.50. The molecule has 13 rings (SSSR count). The summed E-state index contributed by atoms with van der Waals surface area (Å²) in [5.41, 5.74) is 13.7. The molecule has 0 radical (unpaired) electrons. The number of aliphatic hydroxyl groups excluding tert-OH is 12. The number of rotatable bonds is 17. The van der Waals surface area contributed by atoms with Crippen LogP contribution in [0.1, 0.15) is 46.2 Å². The number of nitrogens with zero attached hydrogens (tertiary/aromatic N) is 16. The van der Waals surface area contributed by atoms with Gasteiger partial charge in [-0.2, -0.15) is 8.78 Å². The number of nitrogens with one attached hydrogen (secondary N) is 4. The Morgan fingerprint density at radius 3 is 1.37 bits per heavy atom. The van der Waals surface area contributed by atoms with Crippen molar-refractivity contribution in [2.24, 2.45) is 31.7 Å². The third-order valence-electron chi connectivity index (χ3n) is 20.8. The average Bonchev–Trinajstić information content (AvgIpc) is 1.57. The topological polar surface area (TPSA) is 680 Å². The van der Waals surface area contributed by atoms with Gasteiger partial charge in [0.15, 0.2) is 66.9 Å². The van der Waals surface area contributed by atoms with Gasteiger partial charge in [0.05, 0.1) is 45.8 Å². The largest absolute Gasteiger partial charge is 0.393 e. The predicted molar refractivity (Wildman–Crippen MR) is 405 cm³/mol. The number of ether oxygens (including phenoxy) is 6. The van der Waals surface area contributed by atoms with Gasteiger partial charge in [-0.25, -0.2) is 41.9 Å². The second-order valence-corrected chi connectivity index (χ2v) is 29.3. The van der Waals surface area contributed by atoms with Gasteiger partial charge in [-0.15, -0.1) is 6.42 Å². The molecule has 0 bridgehead atoms. The second-order valence-electron chi connectivity index (χ2n) is 29.3. The molecule has 46 nitrogen and oxygen atoms in total. The number of hydrogen-bond acceptors (Lipinski definition) is 37. The zero-order chi connectivity index (χ0) is 92.2. The molecule has 3 amide bonds. The zero-order valence-corrected chi connectivity index (χ0v) is 65.7. The number of azide groups is 2. The smallest absolute Gasteiger partial charge is 0.320 e. The molecule has 2 aromatic rings. The number of carbonyl (C=O) groups excluding carboxylic acids is 3. The number of fused-ring (bicyclic) bond motifs is 1. The van der Waals surface area contributed by atoms with E-state index in [0.717, 1.165) is 34.9 Å². The van der Waals surface area contributed by atoms with E-state index in [9.17, 15) is 111 Å². The Kier molecular flexibility index (Phi) is 29.5. The number of halogens is 7. The van der Waals surface area contributed by atoms with Crippen LogP contribution in [0.3, 0.4) is 0 Å². The highest BCUT2D eigenvalue weighted by atomic mass is 19.3. The molecule has 6 saturated heterocycles. The molecule has 674 valence electrons. The van der Waals surface area contributed by atoms with E-state index in [-0.39, 0.29) is 70.1 Å². The van der Waals surface area contributed by atoms with Crippen molar-refractivity contribution < 1.29 is 145 Å². The van der Waals surface area contributed by atoms with Crippen LogP contribution in [0.2, 0.25) is 0 Å². The fraction of sp³-hybridized carbons (Fsp3) is 0.543.